The highest BCUT2D eigenvalue weighted by Gasteiger charge is 2.22. The van der Waals surface area contributed by atoms with Crippen molar-refractivity contribution in [1.82, 2.24) is 14.5 Å². The van der Waals surface area contributed by atoms with E-state index in [1.807, 2.05) is 4.90 Å². The Kier molecular flexibility index (Phi) is 6.20. The lowest BCUT2D eigenvalue weighted by Crippen LogP contribution is -2.35. The number of benzene rings is 1. The third kappa shape index (κ3) is 4.35. The third-order valence-electron chi connectivity index (χ3n) is 6.71. The molecule has 0 saturated carbocycles. The zero-order valence-corrected chi connectivity index (χ0v) is 19.6. The molecule has 7 nitrogen and oxygen atoms in total. The summed E-state index contributed by atoms with van der Waals surface area (Å²) in [6.07, 6.45) is 11.4. The standard InChI is InChI=1S/C27H31N5O2/c1-18-5-2-6-19(15-18)20-8-9-21-17-23-26(27(28)29-22(21)16-20)30-24(10-14-33)32(23)13-4-12-31-11-3-7-25(31)34/h2,5-6,8-9,15-17,21,33H,3-4,7,10-14,28H2,1H3. The van der Waals surface area contributed by atoms with Crippen LogP contribution in [0.3, 0.4) is 0 Å². The van der Waals surface area contributed by atoms with Gasteiger partial charge in [0.1, 0.15) is 11.2 Å². The van der Waals surface area contributed by atoms with Crippen LogP contribution in [0.15, 0.2) is 47.5 Å². The minimum atomic E-state index is -0.00838. The maximum Gasteiger partial charge on any atom is 0.222 e. The molecule has 1 aromatic carbocycles. The van der Waals surface area contributed by atoms with Gasteiger partial charge in [-0.15, -0.1) is 0 Å². The van der Waals surface area contributed by atoms with Crippen LogP contribution in [0.5, 0.6) is 0 Å². The Morgan fingerprint density at radius 1 is 1.26 bits per heavy atom. The SMILES string of the molecule is Cc1cccc(C2=CC3=NC(N)=c4nc(CCO)n(CCCN5CCCC5=O)c4=CC3C=C2)c1. The smallest absolute Gasteiger partial charge is 0.222 e. The number of aliphatic hydroxyl groups excluding tert-OH is 1. The molecule has 3 heterocycles. The largest absolute Gasteiger partial charge is 0.396 e. The normalized spacial score (nSPS) is 19.4. The van der Waals surface area contributed by atoms with Crippen LogP contribution in [-0.4, -0.2) is 50.9 Å². The van der Waals surface area contributed by atoms with Crippen LogP contribution >= 0.6 is 0 Å². The molecular weight excluding hydrogens is 426 g/mol. The van der Waals surface area contributed by atoms with E-state index in [2.05, 4.69) is 60.1 Å². The Morgan fingerprint density at radius 3 is 2.91 bits per heavy atom. The summed E-state index contributed by atoms with van der Waals surface area (Å²) in [4.78, 5) is 23.5. The van der Waals surface area contributed by atoms with Crippen molar-refractivity contribution < 1.29 is 9.90 Å². The van der Waals surface area contributed by atoms with Gasteiger partial charge in [-0.2, -0.15) is 0 Å². The van der Waals surface area contributed by atoms with Crippen molar-refractivity contribution >= 4 is 29.1 Å². The summed E-state index contributed by atoms with van der Waals surface area (Å²) in [5, 5.41) is 11.2. The summed E-state index contributed by atoms with van der Waals surface area (Å²) in [7, 11) is 0. The molecule has 3 aliphatic rings. The number of carbonyl (C=O) groups is 1. The van der Waals surface area contributed by atoms with Crippen molar-refractivity contribution in [1.29, 1.82) is 0 Å². The fourth-order valence-corrected chi connectivity index (χ4v) is 5.00. The van der Waals surface area contributed by atoms with Gasteiger partial charge in [-0.05, 0) is 43.1 Å². The van der Waals surface area contributed by atoms with Crippen LogP contribution in [0.25, 0.3) is 17.5 Å². The average molecular weight is 458 g/mol. The predicted molar refractivity (Wildman–Crippen MR) is 134 cm³/mol. The third-order valence-corrected chi connectivity index (χ3v) is 6.71. The topological polar surface area (TPSA) is 96.7 Å². The number of allylic oxidation sites excluding steroid dienone is 4. The van der Waals surface area contributed by atoms with E-state index >= 15 is 0 Å². The monoisotopic (exact) mass is 457 g/mol. The maximum atomic E-state index is 12.0. The van der Waals surface area contributed by atoms with Crippen molar-refractivity contribution in [3.8, 4) is 0 Å². The van der Waals surface area contributed by atoms with E-state index in [1.165, 1.54) is 5.56 Å². The number of rotatable bonds is 7. The molecule has 1 atom stereocenters. The highest BCUT2D eigenvalue weighted by molar-refractivity contribution is 6.11. The number of fused-ring (bicyclic) bond motifs is 2. The number of nitrogens with zero attached hydrogens (tertiary/aromatic N) is 4. The lowest BCUT2D eigenvalue weighted by molar-refractivity contribution is -0.127. The van der Waals surface area contributed by atoms with Gasteiger partial charge in [-0.3, -0.25) is 4.79 Å². The van der Waals surface area contributed by atoms with E-state index in [-0.39, 0.29) is 18.4 Å². The molecule has 1 aromatic heterocycles. The van der Waals surface area contributed by atoms with Gasteiger partial charge in [0.05, 0.1) is 17.7 Å². The summed E-state index contributed by atoms with van der Waals surface area (Å²) in [5.74, 6) is 1.43. The maximum absolute atomic E-state index is 12.0. The number of hydrogen-bond acceptors (Lipinski definition) is 5. The first-order valence-corrected chi connectivity index (χ1v) is 12.0. The Morgan fingerprint density at radius 2 is 2.15 bits per heavy atom. The predicted octanol–water partition coefficient (Wildman–Crippen LogP) is 1.27. The molecular formula is C27H31N5O2. The summed E-state index contributed by atoms with van der Waals surface area (Å²) in [6.45, 7) is 4.39. The molecule has 0 bridgehead atoms. The number of aromatic nitrogens is 2. The molecule has 1 saturated heterocycles. The van der Waals surface area contributed by atoms with Gasteiger partial charge in [0.2, 0.25) is 5.91 Å². The molecule has 1 amide bonds. The Hall–Kier alpha value is -3.45. The van der Waals surface area contributed by atoms with Gasteiger partial charge >= 0.3 is 0 Å². The van der Waals surface area contributed by atoms with Gasteiger partial charge in [0, 0.05) is 38.4 Å². The van der Waals surface area contributed by atoms with Gasteiger partial charge in [-0.25, -0.2) is 9.98 Å². The summed E-state index contributed by atoms with van der Waals surface area (Å²) in [5.41, 5.74) is 10.8. The molecule has 34 heavy (non-hydrogen) atoms. The number of carbonyl (C=O) groups excluding carboxylic acids is 1. The highest BCUT2D eigenvalue weighted by Crippen LogP contribution is 2.25. The number of aliphatic imine (C=N–C) groups is 1. The molecule has 5 rings (SSSR count). The molecule has 3 N–H and O–H groups in total. The lowest BCUT2D eigenvalue weighted by Gasteiger charge is -2.17. The van der Waals surface area contributed by atoms with Crippen molar-refractivity contribution in [2.75, 3.05) is 19.7 Å². The van der Waals surface area contributed by atoms with Crippen LogP contribution in [0, 0.1) is 12.8 Å². The summed E-state index contributed by atoms with van der Waals surface area (Å²) in [6, 6.07) is 8.43. The fourth-order valence-electron chi connectivity index (χ4n) is 5.00. The number of aliphatic hydroxyl groups is 1. The lowest BCUT2D eigenvalue weighted by atomic mass is 9.90. The molecule has 7 heteroatoms. The second-order valence-electron chi connectivity index (χ2n) is 9.17. The van der Waals surface area contributed by atoms with Crippen LogP contribution < -0.4 is 16.4 Å². The Bertz CT molecular complexity index is 1330. The minimum absolute atomic E-state index is 0.00838. The number of nitrogens with two attached hydrogens (primary N) is 1. The molecule has 176 valence electrons. The fraction of sp³-hybridized carbons (Fsp3) is 0.370. The van der Waals surface area contributed by atoms with Gasteiger partial charge in [-0.1, -0.05) is 42.0 Å². The summed E-state index contributed by atoms with van der Waals surface area (Å²) < 4.78 is 2.14. The molecule has 1 fully saturated rings. The molecule has 0 radical (unpaired) electrons. The van der Waals surface area contributed by atoms with Crippen LogP contribution in [-0.2, 0) is 17.8 Å². The molecule has 0 spiro atoms. The second kappa shape index (κ2) is 9.43. The van der Waals surface area contributed by atoms with E-state index in [1.54, 1.807) is 0 Å². The van der Waals surface area contributed by atoms with Gasteiger partial charge in [0.25, 0.3) is 0 Å². The van der Waals surface area contributed by atoms with Crippen LogP contribution in [0.2, 0.25) is 0 Å². The van der Waals surface area contributed by atoms with Crippen LogP contribution in [0.1, 0.15) is 36.2 Å². The van der Waals surface area contributed by atoms with Crippen molar-refractivity contribution in [3.63, 3.8) is 0 Å². The average Bonchev–Trinajstić information content (AvgIpc) is 3.34. The quantitative estimate of drug-likeness (QED) is 0.654. The highest BCUT2D eigenvalue weighted by atomic mass is 16.3. The molecule has 1 aliphatic carbocycles. The zero-order valence-electron chi connectivity index (χ0n) is 19.6. The number of amides is 1. The van der Waals surface area contributed by atoms with Gasteiger partial charge in [0.15, 0.2) is 5.82 Å². The Balaban J connectivity index is 1.48. The van der Waals surface area contributed by atoms with Crippen molar-refractivity contribution in [2.24, 2.45) is 16.6 Å². The van der Waals surface area contributed by atoms with Crippen LogP contribution in [0.4, 0.5) is 0 Å². The second-order valence-corrected chi connectivity index (χ2v) is 9.17. The van der Waals surface area contributed by atoms with E-state index in [0.29, 0.717) is 30.6 Å². The molecule has 2 aromatic rings. The summed E-state index contributed by atoms with van der Waals surface area (Å²) >= 11 is 0. The van der Waals surface area contributed by atoms with E-state index < -0.39 is 0 Å². The first kappa shape index (κ1) is 22.3. The van der Waals surface area contributed by atoms with E-state index in [4.69, 9.17) is 15.7 Å². The number of likely N-dealkylation sites (tertiary alicyclic amines) is 1. The van der Waals surface area contributed by atoms with Crippen molar-refractivity contribution in [2.45, 2.75) is 39.2 Å². The number of aryl methyl sites for hydroxylation is 1. The zero-order chi connectivity index (χ0) is 23.7. The number of hydrogen-bond donors (Lipinski definition) is 2. The van der Waals surface area contributed by atoms with E-state index in [9.17, 15) is 9.90 Å². The number of imidazole rings is 1. The van der Waals surface area contributed by atoms with E-state index in [0.717, 1.165) is 54.0 Å². The first-order valence-electron chi connectivity index (χ1n) is 12.0. The van der Waals surface area contributed by atoms with Gasteiger partial charge < -0.3 is 20.3 Å². The molecule has 1 unspecified atom stereocenters. The first-order chi connectivity index (χ1) is 16.5. The van der Waals surface area contributed by atoms with Crippen molar-refractivity contribution in [3.05, 3.63) is 70.1 Å². The Labute approximate surface area is 199 Å². The molecule has 2 aliphatic heterocycles. The minimum Gasteiger partial charge on any atom is -0.396 e.